The minimum Gasteiger partial charge on any atom is -0.368 e. The van der Waals surface area contributed by atoms with Crippen molar-refractivity contribution in [2.24, 2.45) is 0 Å². The van der Waals surface area contributed by atoms with E-state index in [4.69, 9.17) is 9.72 Å². The molecule has 1 saturated heterocycles. The fraction of sp³-hybridized carbons (Fsp3) is 0.389. The molecule has 0 amide bonds. The van der Waals surface area contributed by atoms with Gasteiger partial charge in [-0.05, 0) is 6.42 Å². The summed E-state index contributed by atoms with van der Waals surface area (Å²) in [4.78, 5) is 7.25. The number of aromatic nitrogens is 4. The van der Waals surface area contributed by atoms with Crippen LogP contribution in [0.15, 0.2) is 41.9 Å². The van der Waals surface area contributed by atoms with E-state index in [0.29, 0.717) is 12.6 Å². The first kappa shape index (κ1) is 15.2. The van der Waals surface area contributed by atoms with Crippen molar-refractivity contribution < 1.29 is 4.74 Å². The van der Waals surface area contributed by atoms with Crippen molar-refractivity contribution in [1.82, 2.24) is 24.9 Å². The minimum absolute atomic E-state index is 0.190. The average molecular weight is 353 g/mol. The Morgan fingerprint density at radius 2 is 2.16 bits per heavy atom. The lowest BCUT2D eigenvalue weighted by molar-refractivity contribution is -0.0705. The topological polar surface area (TPSA) is 56.1 Å². The summed E-state index contributed by atoms with van der Waals surface area (Å²) in [6, 6.07) is 10.7. The number of rotatable bonds is 3. The van der Waals surface area contributed by atoms with Crippen molar-refractivity contribution >= 4 is 11.3 Å². The monoisotopic (exact) mass is 353 g/mol. The fourth-order valence-electron chi connectivity index (χ4n) is 3.72. The Bertz CT molecular complexity index is 861. The fourth-order valence-corrected chi connectivity index (χ4v) is 4.53. The lowest BCUT2D eigenvalue weighted by Crippen LogP contribution is -2.48. The molecule has 1 fully saturated rings. The van der Waals surface area contributed by atoms with Crippen molar-refractivity contribution in [2.45, 2.75) is 31.7 Å². The molecule has 0 saturated carbocycles. The van der Waals surface area contributed by atoms with Crippen LogP contribution in [0.5, 0.6) is 0 Å². The molecule has 0 bridgehead atoms. The van der Waals surface area contributed by atoms with Crippen LogP contribution in [-0.2, 0) is 17.9 Å². The third kappa shape index (κ3) is 2.88. The van der Waals surface area contributed by atoms with Gasteiger partial charge in [0.2, 0.25) is 0 Å². The number of hydrogen-bond acceptors (Lipinski definition) is 6. The molecule has 2 aliphatic heterocycles. The van der Waals surface area contributed by atoms with Gasteiger partial charge in [0.1, 0.15) is 5.01 Å². The zero-order valence-electron chi connectivity index (χ0n) is 13.8. The van der Waals surface area contributed by atoms with Gasteiger partial charge in [-0.1, -0.05) is 35.5 Å². The molecule has 128 valence electrons. The predicted octanol–water partition coefficient (Wildman–Crippen LogP) is 2.75. The second kappa shape index (κ2) is 6.33. The normalized spacial score (nSPS) is 23.2. The van der Waals surface area contributed by atoms with Gasteiger partial charge in [-0.3, -0.25) is 4.90 Å². The molecule has 5 rings (SSSR count). The van der Waals surface area contributed by atoms with Gasteiger partial charge in [0, 0.05) is 30.6 Å². The van der Waals surface area contributed by atoms with Gasteiger partial charge in [0.15, 0.2) is 0 Å². The highest BCUT2D eigenvalue weighted by Gasteiger charge is 2.36. The molecule has 7 heteroatoms. The zero-order valence-corrected chi connectivity index (χ0v) is 14.6. The molecule has 2 aromatic heterocycles. The number of nitrogens with zero attached hydrogens (tertiary/aromatic N) is 5. The van der Waals surface area contributed by atoms with Gasteiger partial charge >= 0.3 is 0 Å². The Kier molecular flexibility index (Phi) is 3.84. The summed E-state index contributed by atoms with van der Waals surface area (Å²) in [7, 11) is 0. The van der Waals surface area contributed by atoms with E-state index in [9.17, 15) is 0 Å². The molecule has 0 N–H and O–H groups in total. The third-order valence-electron chi connectivity index (χ3n) is 4.97. The maximum Gasteiger partial charge on any atom is 0.123 e. The molecule has 6 nitrogen and oxygen atoms in total. The summed E-state index contributed by atoms with van der Waals surface area (Å²) in [6.45, 7) is 3.43. The van der Waals surface area contributed by atoms with Crippen molar-refractivity contribution in [3.8, 4) is 10.6 Å². The van der Waals surface area contributed by atoms with E-state index in [2.05, 4.69) is 49.5 Å². The second-order valence-electron chi connectivity index (χ2n) is 6.62. The highest BCUT2D eigenvalue weighted by molar-refractivity contribution is 7.13. The standard InChI is InChI=1S/C18H19N5OS/c1-2-4-13(5-3-1)18-20-14(12-25-18)9-22-7-6-16-17(10-22)24-11-15-8-19-21-23(15)16/h1-5,8,12,16-17H,6-7,9-11H2/t16-,17-/m0/s1. The van der Waals surface area contributed by atoms with E-state index in [1.54, 1.807) is 11.3 Å². The van der Waals surface area contributed by atoms with Crippen LogP contribution in [0.1, 0.15) is 23.9 Å². The van der Waals surface area contributed by atoms with Crippen molar-refractivity contribution in [2.75, 3.05) is 13.1 Å². The van der Waals surface area contributed by atoms with Crippen molar-refractivity contribution in [3.63, 3.8) is 0 Å². The third-order valence-corrected chi connectivity index (χ3v) is 5.92. The highest BCUT2D eigenvalue weighted by atomic mass is 32.1. The summed E-state index contributed by atoms with van der Waals surface area (Å²) in [5.41, 5.74) is 3.41. The van der Waals surface area contributed by atoms with Gasteiger partial charge in [0.05, 0.1) is 36.3 Å². The van der Waals surface area contributed by atoms with Gasteiger partial charge in [-0.25, -0.2) is 9.67 Å². The first-order chi connectivity index (χ1) is 12.4. The van der Waals surface area contributed by atoms with Crippen LogP contribution in [0.3, 0.4) is 0 Å². The van der Waals surface area contributed by atoms with E-state index < -0.39 is 0 Å². The molecule has 1 aromatic carbocycles. The Balaban J connectivity index is 1.27. The van der Waals surface area contributed by atoms with E-state index in [0.717, 1.165) is 42.5 Å². The molecule has 2 atom stereocenters. The zero-order chi connectivity index (χ0) is 16.6. The molecule has 2 aliphatic rings. The molecular weight excluding hydrogens is 334 g/mol. The lowest BCUT2D eigenvalue weighted by Gasteiger charge is -2.40. The van der Waals surface area contributed by atoms with Gasteiger partial charge < -0.3 is 4.74 Å². The number of benzene rings is 1. The maximum absolute atomic E-state index is 6.05. The van der Waals surface area contributed by atoms with Crippen LogP contribution in [0.2, 0.25) is 0 Å². The highest BCUT2D eigenvalue weighted by Crippen LogP contribution is 2.31. The molecular formula is C18H19N5OS. The molecule has 0 aliphatic carbocycles. The number of thiazole rings is 1. The van der Waals surface area contributed by atoms with Crippen LogP contribution in [0, 0.1) is 0 Å². The molecule has 25 heavy (non-hydrogen) atoms. The quantitative estimate of drug-likeness (QED) is 0.725. The Hall–Kier alpha value is -2.09. The smallest absolute Gasteiger partial charge is 0.123 e. The number of hydrogen-bond donors (Lipinski definition) is 0. The first-order valence-electron chi connectivity index (χ1n) is 8.60. The summed E-state index contributed by atoms with van der Waals surface area (Å²) < 4.78 is 8.11. The Morgan fingerprint density at radius 1 is 1.24 bits per heavy atom. The predicted molar refractivity (Wildman–Crippen MR) is 95.1 cm³/mol. The summed E-state index contributed by atoms with van der Waals surface area (Å²) in [5.74, 6) is 0. The van der Waals surface area contributed by atoms with Crippen LogP contribution >= 0.6 is 11.3 Å². The number of piperidine rings is 1. The van der Waals surface area contributed by atoms with Gasteiger partial charge in [-0.15, -0.1) is 16.4 Å². The van der Waals surface area contributed by atoms with Crippen LogP contribution < -0.4 is 0 Å². The molecule has 0 spiro atoms. The molecule has 0 radical (unpaired) electrons. The van der Waals surface area contributed by atoms with Gasteiger partial charge in [-0.2, -0.15) is 0 Å². The Morgan fingerprint density at radius 3 is 3.08 bits per heavy atom. The number of likely N-dealkylation sites (tertiary alicyclic amines) is 1. The summed E-state index contributed by atoms with van der Waals surface area (Å²) >= 11 is 1.71. The van der Waals surface area contributed by atoms with Crippen LogP contribution in [-0.4, -0.2) is 44.1 Å². The number of ether oxygens (including phenoxy) is 1. The summed E-state index contributed by atoms with van der Waals surface area (Å²) in [6.07, 6.45) is 3.04. The SMILES string of the molecule is c1ccc(-c2nc(CN3CC[C@H]4[C@H](C3)OCc3cnnn34)cs2)cc1. The molecule has 3 aromatic rings. The molecule has 4 heterocycles. The summed E-state index contributed by atoms with van der Waals surface area (Å²) in [5, 5.41) is 11.5. The van der Waals surface area contributed by atoms with Crippen LogP contribution in [0.4, 0.5) is 0 Å². The Labute approximate surface area is 150 Å². The van der Waals surface area contributed by atoms with E-state index >= 15 is 0 Å². The van der Waals surface area contributed by atoms with Crippen molar-refractivity contribution in [1.29, 1.82) is 0 Å². The largest absolute Gasteiger partial charge is 0.368 e. The van der Waals surface area contributed by atoms with Gasteiger partial charge in [0.25, 0.3) is 0 Å². The minimum atomic E-state index is 0.190. The number of fused-ring (bicyclic) bond motifs is 3. The average Bonchev–Trinajstić information content (AvgIpc) is 3.31. The maximum atomic E-state index is 6.05. The molecule has 0 unspecified atom stereocenters. The second-order valence-corrected chi connectivity index (χ2v) is 7.48. The van der Waals surface area contributed by atoms with E-state index in [1.165, 1.54) is 5.56 Å². The van der Waals surface area contributed by atoms with E-state index in [-0.39, 0.29) is 6.10 Å². The first-order valence-corrected chi connectivity index (χ1v) is 9.47. The van der Waals surface area contributed by atoms with Crippen LogP contribution in [0.25, 0.3) is 10.6 Å². The van der Waals surface area contributed by atoms with Crippen molar-refractivity contribution in [3.05, 3.63) is 53.3 Å². The van der Waals surface area contributed by atoms with E-state index in [1.807, 2.05) is 12.3 Å². The lowest BCUT2D eigenvalue weighted by atomic mass is 10.00.